The lowest BCUT2D eigenvalue weighted by molar-refractivity contribution is 0.0717. The molecule has 0 unspecified atom stereocenters. The lowest BCUT2D eigenvalue weighted by atomic mass is 10.1. The Labute approximate surface area is 137 Å². The number of benzene rings is 1. The van der Waals surface area contributed by atoms with Crippen LogP contribution < -0.4 is 10.2 Å². The van der Waals surface area contributed by atoms with Gasteiger partial charge in [-0.1, -0.05) is 31.7 Å². The summed E-state index contributed by atoms with van der Waals surface area (Å²) >= 11 is 0. The summed E-state index contributed by atoms with van der Waals surface area (Å²) in [6.07, 6.45) is 7.15. The van der Waals surface area contributed by atoms with E-state index in [4.69, 9.17) is 0 Å². The van der Waals surface area contributed by atoms with Gasteiger partial charge in [-0.05, 0) is 31.0 Å². The molecule has 124 valence electrons. The van der Waals surface area contributed by atoms with Gasteiger partial charge in [0.15, 0.2) is 0 Å². The Morgan fingerprint density at radius 3 is 2.61 bits per heavy atom. The summed E-state index contributed by atoms with van der Waals surface area (Å²) in [5, 5.41) is 2.79. The topological polar surface area (TPSA) is 52.7 Å². The van der Waals surface area contributed by atoms with E-state index in [2.05, 4.69) is 5.32 Å². The molecule has 0 radical (unpaired) electrons. The molecule has 1 aromatic carbocycles. The van der Waals surface area contributed by atoms with E-state index in [0.29, 0.717) is 24.7 Å². The second-order valence-corrected chi connectivity index (χ2v) is 6.50. The number of hydrogen-bond donors (Lipinski definition) is 1. The molecule has 1 heterocycles. The first kappa shape index (κ1) is 15.8. The van der Waals surface area contributed by atoms with Crippen LogP contribution in [0, 0.1) is 0 Å². The minimum atomic E-state index is -0.0910. The molecule has 0 spiro atoms. The molecule has 5 heteroatoms. The van der Waals surface area contributed by atoms with Gasteiger partial charge in [0.05, 0.1) is 0 Å². The molecule has 1 aromatic rings. The summed E-state index contributed by atoms with van der Waals surface area (Å²) < 4.78 is 0. The van der Waals surface area contributed by atoms with Gasteiger partial charge in [-0.2, -0.15) is 0 Å². The van der Waals surface area contributed by atoms with Crippen molar-refractivity contribution in [3.63, 3.8) is 0 Å². The highest BCUT2D eigenvalue weighted by Crippen LogP contribution is 2.24. The summed E-state index contributed by atoms with van der Waals surface area (Å²) in [5.74, 6) is 0.0540. The standard InChI is InChI=1S/C18H25N3O2/c1-20(15-8-4-2-3-5-9-15)17(22)14-7-6-10-16(13-14)21-12-11-19-18(21)23/h6-7,10,13,15H,2-5,8-9,11-12H2,1H3,(H,19,23). The fourth-order valence-corrected chi connectivity index (χ4v) is 3.54. The van der Waals surface area contributed by atoms with Crippen LogP contribution in [-0.2, 0) is 0 Å². The van der Waals surface area contributed by atoms with Gasteiger partial charge in [0.25, 0.3) is 5.91 Å². The molecule has 3 amide bonds. The second kappa shape index (κ2) is 7.02. The van der Waals surface area contributed by atoms with E-state index in [9.17, 15) is 9.59 Å². The van der Waals surface area contributed by atoms with Crippen LogP contribution in [0.4, 0.5) is 10.5 Å². The van der Waals surface area contributed by atoms with Crippen LogP contribution in [0.2, 0.25) is 0 Å². The maximum Gasteiger partial charge on any atom is 0.321 e. The highest BCUT2D eigenvalue weighted by molar-refractivity contribution is 5.98. The van der Waals surface area contributed by atoms with Gasteiger partial charge >= 0.3 is 6.03 Å². The lowest BCUT2D eigenvalue weighted by Gasteiger charge is -2.27. The number of rotatable bonds is 3. The van der Waals surface area contributed by atoms with Gasteiger partial charge < -0.3 is 10.2 Å². The van der Waals surface area contributed by atoms with Crippen LogP contribution in [0.25, 0.3) is 0 Å². The Morgan fingerprint density at radius 1 is 1.22 bits per heavy atom. The zero-order valence-electron chi connectivity index (χ0n) is 13.8. The van der Waals surface area contributed by atoms with Crippen LogP contribution in [0.15, 0.2) is 24.3 Å². The zero-order chi connectivity index (χ0) is 16.2. The van der Waals surface area contributed by atoms with Gasteiger partial charge in [0.2, 0.25) is 0 Å². The Kier molecular flexibility index (Phi) is 4.84. The van der Waals surface area contributed by atoms with Crippen molar-refractivity contribution in [1.82, 2.24) is 10.2 Å². The number of nitrogens with zero attached hydrogens (tertiary/aromatic N) is 2. The van der Waals surface area contributed by atoms with Crippen molar-refractivity contribution in [2.45, 2.75) is 44.6 Å². The van der Waals surface area contributed by atoms with Crippen molar-refractivity contribution in [1.29, 1.82) is 0 Å². The smallest absolute Gasteiger partial charge is 0.321 e. The van der Waals surface area contributed by atoms with Crippen LogP contribution in [0.1, 0.15) is 48.9 Å². The summed E-state index contributed by atoms with van der Waals surface area (Å²) in [6.45, 7) is 1.30. The summed E-state index contributed by atoms with van der Waals surface area (Å²) in [6, 6.07) is 7.66. The fraction of sp³-hybridized carbons (Fsp3) is 0.556. The fourth-order valence-electron chi connectivity index (χ4n) is 3.54. The predicted octanol–water partition coefficient (Wildman–Crippen LogP) is 3.01. The third-order valence-electron chi connectivity index (χ3n) is 4.95. The number of amides is 3. The van der Waals surface area contributed by atoms with E-state index in [1.54, 1.807) is 4.90 Å². The van der Waals surface area contributed by atoms with Crippen molar-refractivity contribution in [3.8, 4) is 0 Å². The van der Waals surface area contributed by atoms with E-state index in [1.165, 1.54) is 25.7 Å². The minimum absolute atomic E-state index is 0.0540. The van der Waals surface area contributed by atoms with Crippen molar-refractivity contribution in [2.24, 2.45) is 0 Å². The summed E-state index contributed by atoms with van der Waals surface area (Å²) in [7, 11) is 1.91. The van der Waals surface area contributed by atoms with E-state index in [1.807, 2.05) is 36.2 Å². The molecule has 1 saturated heterocycles. The van der Waals surface area contributed by atoms with E-state index >= 15 is 0 Å². The lowest BCUT2D eigenvalue weighted by Crippen LogP contribution is -2.37. The zero-order valence-corrected chi connectivity index (χ0v) is 13.8. The van der Waals surface area contributed by atoms with Crippen molar-refractivity contribution in [2.75, 3.05) is 25.0 Å². The largest absolute Gasteiger partial charge is 0.339 e. The molecule has 0 atom stereocenters. The Balaban J connectivity index is 1.75. The molecule has 1 aliphatic heterocycles. The van der Waals surface area contributed by atoms with E-state index in [-0.39, 0.29) is 11.9 Å². The van der Waals surface area contributed by atoms with E-state index < -0.39 is 0 Å². The SMILES string of the molecule is CN(C(=O)c1cccc(N2CCNC2=O)c1)C1CCCCCC1. The highest BCUT2D eigenvalue weighted by Gasteiger charge is 2.25. The maximum absolute atomic E-state index is 12.8. The third kappa shape index (κ3) is 3.49. The molecule has 2 fully saturated rings. The van der Waals surface area contributed by atoms with Crippen molar-refractivity contribution < 1.29 is 9.59 Å². The van der Waals surface area contributed by atoms with Crippen LogP contribution in [0.5, 0.6) is 0 Å². The van der Waals surface area contributed by atoms with Crippen LogP contribution >= 0.6 is 0 Å². The summed E-state index contributed by atoms with van der Waals surface area (Å²) in [4.78, 5) is 28.2. The number of anilines is 1. The maximum atomic E-state index is 12.8. The average molecular weight is 315 g/mol. The number of nitrogens with one attached hydrogen (secondary N) is 1. The molecule has 3 rings (SSSR count). The monoisotopic (exact) mass is 315 g/mol. The number of carbonyl (C=O) groups is 2. The number of carbonyl (C=O) groups excluding carboxylic acids is 2. The molecule has 2 aliphatic rings. The van der Waals surface area contributed by atoms with Crippen LogP contribution in [0.3, 0.4) is 0 Å². The molecule has 23 heavy (non-hydrogen) atoms. The van der Waals surface area contributed by atoms with Crippen molar-refractivity contribution in [3.05, 3.63) is 29.8 Å². The Bertz CT molecular complexity index is 579. The quantitative estimate of drug-likeness (QED) is 0.872. The Morgan fingerprint density at radius 2 is 1.96 bits per heavy atom. The molecule has 1 saturated carbocycles. The predicted molar refractivity (Wildman–Crippen MR) is 90.8 cm³/mol. The molecular formula is C18H25N3O2. The van der Waals surface area contributed by atoms with Gasteiger partial charge in [-0.25, -0.2) is 4.79 Å². The highest BCUT2D eigenvalue weighted by atomic mass is 16.2. The second-order valence-electron chi connectivity index (χ2n) is 6.50. The summed E-state index contributed by atoms with van der Waals surface area (Å²) in [5.41, 5.74) is 1.45. The molecule has 0 bridgehead atoms. The first-order valence-corrected chi connectivity index (χ1v) is 8.59. The van der Waals surface area contributed by atoms with Gasteiger partial charge in [0.1, 0.15) is 0 Å². The number of hydrogen-bond acceptors (Lipinski definition) is 2. The first-order chi connectivity index (χ1) is 11.2. The van der Waals surface area contributed by atoms with Gasteiger partial charge in [0, 0.05) is 37.4 Å². The Hall–Kier alpha value is -2.04. The molecular weight excluding hydrogens is 290 g/mol. The van der Waals surface area contributed by atoms with E-state index in [0.717, 1.165) is 18.5 Å². The first-order valence-electron chi connectivity index (χ1n) is 8.59. The molecule has 1 N–H and O–H groups in total. The average Bonchev–Trinajstić information content (AvgIpc) is 2.84. The van der Waals surface area contributed by atoms with Crippen LogP contribution in [-0.4, -0.2) is 43.0 Å². The normalized spacial score (nSPS) is 19.3. The molecule has 5 nitrogen and oxygen atoms in total. The molecule has 1 aliphatic carbocycles. The number of urea groups is 1. The van der Waals surface area contributed by atoms with Gasteiger partial charge in [-0.15, -0.1) is 0 Å². The third-order valence-corrected chi connectivity index (χ3v) is 4.95. The van der Waals surface area contributed by atoms with Gasteiger partial charge in [-0.3, -0.25) is 9.69 Å². The molecule has 0 aromatic heterocycles. The minimum Gasteiger partial charge on any atom is -0.339 e. The van der Waals surface area contributed by atoms with Crippen molar-refractivity contribution >= 4 is 17.6 Å².